The van der Waals surface area contributed by atoms with Gasteiger partial charge in [-0.25, -0.2) is 0 Å². The highest BCUT2D eigenvalue weighted by atomic mass is 32.1. The molecule has 0 aliphatic heterocycles. The predicted molar refractivity (Wildman–Crippen MR) is 58.5 cm³/mol. The largest absolute Gasteiger partial charge is 0.271 e. The van der Waals surface area contributed by atoms with Crippen molar-refractivity contribution in [3.05, 3.63) is 22.4 Å². The molecule has 0 saturated carbocycles. The van der Waals surface area contributed by atoms with E-state index >= 15 is 0 Å². The van der Waals surface area contributed by atoms with Crippen molar-refractivity contribution in [3.8, 4) is 0 Å². The van der Waals surface area contributed by atoms with Crippen LogP contribution in [0, 0.1) is 5.41 Å². The molecule has 3 N–H and O–H groups in total. The van der Waals surface area contributed by atoms with E-state index in [0.717, 1.165) is 6.42 Å². The summed E-state index contributed by atoms with van der Waals surface area (Å²) in [6.45, 7) is 6.68. The van der Waals surface area contributed by atoms with Gasteiger partial charge in [0.25, 0.3) is 0 Å². The Morgan fingerprint density at radius 3 is 2.62 bits per heavy atom. The zero-order valence-corrected chi connectivity index (χ0v) is 9.32. The molecule has 0 radical (unpaired) electrons. The fourth-order valence-electron chi connectivity index (χ4n) is 1.34. The zero-order valence-electron chi connectivity index (χ0n) is 8.50. The van der Waals surface area contributed by atoms with Crippen LogP contribution in [0.15, 0.2) is 17.5 Å². The summed E-state index contributed by atoms with van der Waals surface area (Å²) >= 11 is 1.75. The number of nitrogens with one attached hydrogen (secondary N) is 1. The lowest BCUT2D eigenvalue weighted by molar-refractivity contribution is 0.316. The average Bonchev–Trinajstić information content (AvgIpc) is 2.50. The van der Waals surface area contributed by atoms with Crippen molar-refractivity contribution in [3.63, 3.8) is 0 Å². The maximum absolute atomic E-state index is 5.53. The van der Waals surface area contributed by atoms with Crippen molar-refractivity contribution in [1.82, 2.24) is 5.43 Å². The van der Waals surface area contributed by atoms with Crippen molar-refractivity contribution in [2.24, 2.45) is 11.3 Å². The van der Waals surface area contributed by atoms with Crippen molar-refractivity contribution in [2.75, 3.05) is 0 Å². The average molecular weight is 198 g/mol. The van der Waals surface area contributed by atoms with Gasteiger partial charge >= 0.3 is 0 Å². The summed E-state index contributed by atoms with van der Waals surface area (Å²) in [5, 5.41) is 2.09. The molecule has 1 aromatic heterocycles. The molecule has 0 aliphatic rings. The number of hydrazine groups is 1. The SMILES string of the molecule is CC(C)(C)CC(NN)c1cccs1. The highest BCUT2D eigenvalue weighted by Crippen LogP contribution is 2.30. The van der Waals surface area contributed by atoms with E-state index in [1.165, 1.54) is 4.88 Å². The molecule has 0 aliphatic carbocycles. The maximum atomic E-state index is 5.53. The van der Waals surface area contributed by atoms with Gasteiger partial charge in [-0.1, -0.05) is 26.8 Å². The van der Waals surface area contributed by atoms with E-state index in [-0.39, 0.29) is 0 Å². The van der Waals surface area contributed by atoms with Crippen LogP contribution < -0.4 is 11.3 Å². The smallest absolute Gasteiger partial charge is 0.0558 e. The lowest BCUT2D eigenvalue weighted by atomic mass is 9.88. The topological polar surface area (TPSA) is 38.0 Å². The van der Waals surface area contributed by atoms with E-state index < -0.39 is 0 Å². The van der Waals surface area contributed by atoms with Crippen molar-refractivity contribution in [2.45, 2.75) is 33.2 Å². The standard InChI is InChI=1S/C10H18N2S/c1-10(2,3)7-8(12-11)9-5-4-6-13-9/h4-6,8,12H,7,11H2,1-3H3. The minimum absolute atomic E-state index is 0.292. The van der Waals surface area contributed by atoms with Gasteiger partial charge in [-0.3, -0.25) is 11.3 Å². The Morgan fingerprint density at radius 1 is 1.54 bits per heavy atom. The Bertz CT molecular complexity index is 236. The van der Waals surface area contributed by atoms with Gasteiger partial charge in [0.15, 0.2) is 0 Å². The summed E-state index contributed by atoms with van der Waals surface area (Å²) in [4.78, 5) is 1.32. The van der Waals surface area contributed by atoms with E-state index in [9.17, 15) is 0 Å². The summed E-state index contributed by atoms with van der Waals surface area (Å²) in [5.41, 5.74) is 3.18. The molecule has 0 aromatic carbocycles. The number of nitrogens with two attached hydrogens (primary N) is 1. The quantitative estimate of drug-likeness (QED) is 0.579. The van der Waals surface area contributed by atoms with Crippen LogP contribution in [0.1, 0.15) is 38.1 Å². The fourth-order valence-corrected chi connectivity index (χ4v) is 2.13. The van der Waals surface area contributed by atoms with Gasteiger partial charge in [0.2, 0.25) is 0 Å². The molecule has 0 amide bonds. The molecule has 1 heterocycles. The van der Waals surface area contributed by atoms with Crippen molar-refractivity contribution < 1.29 is 0 Å². The normalized spacial score (nSPS) is 14.5. The van der Waals surface area contributed by atoms with Gasteiger partial charge in [0.1, 0.15) is 0 Å². The van der Waals surface area contributed by atoms with E-state index in [1.54, 1.807) is 11.3 Å². The molecular formula is C10H18N2S. The molecule has 74 valence electrons. The first kappa shape index (κ1) is 10.7. The number of rotatable bonds is 3. The van der Waals surface area contributed by atoms with Gasteiger partial charge in [0.05, 0.1) is 6.04 Å². The summed E-state index contributed by atoms with van der Waals surface area (Å²) in [5.74, 6) is 5.53. The minimum atomic E-state index is 0.292. The first-order valence-corrected chi connectivity index (χ1v) is 5.40. The van der Waals surface area contributed by atoms with Crippen LogP contribution in [-0.4, -0.2) is 0 Å². The Labute approximate surface area is 84.1 Å². The van der Waals surface area contributed by atoms with Crippen molar-refractivity contribution >= 4 is 11.3 Å². The third kappa shape index (κ3) is 3.46. The molecule has 0 bridgehead atoms. The molecular weight excluding hydrogens is 180 g/mol. The maximum Gasteiger partial charge on any atom is 0.0558 e. The van der Waals surface area contributed by atoms with Crippen LogP contribution in [-0.2, 0) is 0 Å². The minimum Gasteiger partial charge on any atom is -0.271 e. The monoisotopic (exact) mass is 198 g/mol. The molecule has 3 heteroatoms. The van der Waals surface area contributed by atoms with Gasteiger partial charge in [-0.15, -0.1) is 11.3 Å². The number of hydrogen-bond acceptors (Lipinski definition) is 3. The second kappa shape index (κ2) is 4.22. The van der Waals surface area contributed by atoms with E-state index in [4.69, 9.17) is 5.84 Å². The number of hydrogen-bond donors (Lipinski definition) is 2. The Balaban J connectivity index is 2.64. The summed E-state index contributed by atoms with van der Waals surface area (Å²) in [6, 6.07) is 4.48. The van der Waals surface area contributed by atoms with Gasteiger partial charge in [-0.2, -0.15) is 0 Å². The Kier molecular flexibility index (Phi) is 3.47. The highest BCUT2D eigenvalue weighted by molar-refractivity contribution is 7.10. The molecule has 1 unspecified atom stereocenters. The molecule has 2 nitrogen and oxygen atoms in total. The fraction of sp³-hybridized carbons (Fsp3) is 0.600. The highest BCUT2D eigenvalue weighted by Gasteiger charge is 2.19. The summed E-state index contributed by atoms with van der Waals surface area (Å²) in [7, 11) is 0. The molecule has 0 spiro atoms. The van der Waals surface area contributed by atoms with Crippen LogP contribution in [0.4, 0.5) is 0 Å². The second-order valence-electron chi connectivity index (χ2n) is 4.50. The molecule has 0 fully saturated rings. The Morgan fingerprint density at radius 2 is 2.23 bits per heavy atom. The van der Waals surface area contributed by atoms with E-state index in [2.05, 4.69) is 43.7 Å². The van der Waals surface area contributed by atoms with Crippen LogP contribution in [0.25, 0.3) is 0 Å². The first-order chi connectivity index (χ1) is 6.03. The molecule has 1 rings (SSSR count). The van der Waals surface area contributed by atoms with Crippen LogP contribution >= 0.6 is 11.3 Å². The van der Waals surface area contributed by atoms with Gasteiger partial charge in [0, 0.05) is 4.88 Å². The predicted octanol–water partition coefficient (Wildman–Crippen LogP) is 2.69. The van der Waals surface area contributed by atoms with E-state index in [0.29, 0.717) is 11.5 Å². The zero-order chi connectivity index (χ0) is 9.90. The molecule has 1 aromatic rings. The third-order valence-corrected chi connectivity index (χ3v) is 2.89. The second-order valence-corrected chi connectivity index (χ2v) is 5.48. The lowest BCUT2D eigenvalue weighted by Crippen LogP contribution is -2.30. The van der Waals surface area contributed by atoms with Crippen LogP contribution in [0.2, 0.25) is 0 Å². The van der Waals surface area contributed by atoms with Gasteiger partial charge < -0.3 is 0 Å². The molecule has 13 heavy (non-hydrogen) atoms. The van der Waals surface area contributed by atoms with Crippen LogP contribution in [0.3, 0.4) is 0 Å². The Hall–Kier alpha value is -0.380. The van der Waals surface area contributed by atoms with E-state index in [1.807, 2.05) is 0 Å². The molecule has 0 saturated heterocycles. The third-order valence-electron chi connectivity index (χ3n) is 1.90. The lowest BCUT2D eigenvalue weighted by Gasteiger charge is -2.24. The van der Waals surface area contributed by atoms with Crippen LogP contribution in [0.5, 0.6) is 0 Å². The van der Waals surface area contributed by atoms with Gasteiger partial charge in [-0.05, 0) is 23.3 Å². The first-order valence-electron chi connectivity index (χ1n) is 4.52. The summed E-state index contributed by atoms with van der Waals surface area (Å²) in [6.07, 6.45) is 1.06. The number of thiophene rings is 1. The van der Waals surface area contributed by atoms with Crippen molar-refractivity contribution in [1.29, 1.82) is 0 Å². The summed E-state index contributed by atoms with van der Waals surface area (Å²) < 4.78 is 0. The molecule has 1 atom stereocenters.